The summed E-state index contributed by atoms with van der Waals surface area (Å²) in [6.07, 6.45) is 0.292. The van der Waals surface area contributed by atoms with Gasteiger partial charge < -0.3 is 10.2 Å². The second-order valence-electron chi connectivity index (χ2n) is 8.35. The van der Waals surface area contributed by atoms with E-state index in [2.05, 4.69) is 5.32 Å². The summed E-state index contributed by atoms with van der Waals surface area (Å²) in [5.41, 5.74) is 0.698. The molecule has 1 unspecified atom stereocenters. The van der Waals surface area contributed by atoms with Crippen LogP contribution in [0.3, 0.4) is 0 Å². The first kappa shape index (κ1) is 29.8. The van der Waals surface area contributed by atoms with Crippen molar-refractivity contribution in [3.05, 3.63) is 93.4 Å². The molecule has 11 heteroatoms. The standard InChI is InChI=1S/C27H28Cl3N3O4S/c1-3-24(27(35)31-4-2)32(17-19-14-15-20(28)16-23(19)30)26(34)18-33(25-13-9-8-12-22(25)29)38(36,37)21-10-6-5-7-11-21/h5-16,24H,3-4,17-18H2,1-2H3,(H,31,35). The van der Waals surface area contributed by atoms with E-state index in [9.17, 15) is 18.0 Å². The van der Waals surface area contributed by atoms with Gasteiger partial charge >= 0.3 is 0 Å². The Kier molecular flexibility index (Phi) is 10.4. The van der Waals surface area contributed by atoms with Gasteiger partial charge in [0.1, 0.15) is 12.6 Å². The fourth-order valence-electron chi connectivity index (χ4n) is 3.93. The van der Waals surface area contributed by atoms with E-state index in [1.165, 1.54) is 23.1 Å². The maximum Gasteiger partial charge on any atom is 0.264 e. The molecule has 3 aromatic carbocycles. The molecular weight excluding hydrogens is 569 g/mol. The average molecular weight is 597 g/mol. The lowest BCUT2D eigenvalue weighted by molar-refractivity contribution is -0.140. The smallest absolute Gasteiger partial charge is 0.264 e. The molecule has 0 aromatic heterocycles. The number of anilines is 1. The predicted molar refractivity (Wildman–Crippen MR) is 152 cm³/mol. The highest BCUT2D eigenvalue weighted by Gasteiger charge is 2.34. The van der Waals surface area contributed by atoms with Crippen molar-refractivity contribution in [2.75, 3.05) is 17.4 Å². The van der Waals surface area contributed by atoms with Crippen LogP contribution in [0.2, 0.25) is 15.1 Å². The normalized spacial score (nSPS) is 12.0. The third kappa shape index (κ3) is 6.99. The van der Waals surface area contributed by atoms with Gasteiger partial charge in [0.25, 0.3) is 10.0 Å². The van der Waals surface area contributed by atoms with Gasteiger partial charge in [-0.25, -0.2) is 8.42 Å². The van der Waals surface area contributed by atoms with Crippen LogP contribution in [0.4, 0.5) is 5.69 Å². The fourth-order valence-corrected chi connectivity index (χ4v) is 6.14. The molecule has 202 valence electrons. The summed E-state index contributed by atoms with van der Waals surface area (Å²) in [7, 11) is -4.20. The molecule has 3 aromatic rings. The highest BCUT2D eigenvalue weighted by molar-refractivity contribution is 7.92. The van der Waals surface area contributed by atoms with Crippen molar-refractivity contribution in [1.29, 1.82) is 0 Å². The Morgan fingerprint density at radius 3 is 2.16 bits per heavy atom. The molecule has 0 fully saturated rings. The van der Waals surface area contributed by atoms with Crippen molar-refractivity contribution in [2.45, 2.75) is 37.8 Å². The van der Waals surface area contributed by atoms with Crippen molar-refractivity contribution in [2.24, 2.45) is 0 Å². The van der Waals surface area contributed by atoms with Gasteiger partial charge in [0.2, 0.25) is 11.8 Å². The van der Waals surface area contributed by atoms with Gasteiger partial charge in [-0.2, -0.15) is 0 Å². The van der Waals surface area contributed by atoms with Crippen LogP contribution in [0.15, 0.2) is 77.7 Å². The highest BCUT2D eigenvalue weighted by atomic mass is 35.5. The minimum atomic E-state index is -4.20. The SMILES string of the molecule is CCNC(=O)C(CC)N(Cc1ccc(Cl)cc1Cl)C(=O)CN(c1ccccc1Cl)S(=O)(=O)c1ccccc1. The lowest BCUT2D eigenvalue weighted by Crippen LogP contribution is -2.52. The zero-order valence-electron chi connectivity index (χ0n) is 20.9. The van der Waals surface area contributed by atoms with Gasteiger partial charge in [-0.3, -0.25) is 13.9 Å². The van der Waals surface area contributed by atoms with Crippen LogP contribution in [0.25, 0.3) is 0 Å². The summed E-state index contributed by atoms with van der Waals surface area (Å²) in [4.78, 5) is 28.2. The molecule has 0 spiro atoms. The van der Waals surface area contributed by atoms with E-state index < -0.39 is 28.5 Å². The zero-order chi connectivity index (χ0) is 27.9. The molecule has 0 bridgehead atoms. The maximum atomic E-state index is 13.9. The van der Waals surface area contributed by atoms with E-state index in [1.54, 1.807) is 68.4 Å². The van der Waals surface area contributed by atoms with Crippen LogP contribution in [-0.4, -0.2) is 44.3 Å². The van der Waals surface area contributed by atoms with Gasteiger partial charge in [0.05, 0.1) is 15.6 Å². The Bertz CT molecular complexity index is 1390. The van der Waals surface area contributed by atoms with Crippen LogP contribution in [0, 0.1) is 0 Å². The van der Waals surface area contributed by atoms with Crippen LogP contribution >= 0.6 is 34.8 Å². The summed E-state index contributed by atoms with van der Waals surface area (Å²) in [5.74, 6) is -0.961. The van der Waals surface area contributed by atoms with E-state index in [1.807, 2.05) is 0 Å². The molecule has 1 atom stereocenters. The first-order valence-electron chi connectivity index (χ1n) is 11.9. The summed E-state index contributed by atoms with van der Waals surface area (Å²) in [5, 5.41) is 3.65. The number of amides is 2. The number of halogens is 3. The van der Waals surface area contributed by atoms with E-state index in [0.29, 0.717) is 28.6 Å². The highest BCUT2D eigenvalue weighted by Crippen LogP contribution is 2.31. The zero-order valence-corrected chi connectivity index (χ0v) is 24.0. The number of benzene rings is 3. The molecule has 3 rings (SSSR count). The summed E-state index contributed by atoms with van der Waals surface area (Å²) >= 11 is 18.8. The van der Waals surface area contributed by atoms with Crippen LogP contribution in [-0.2, 0) is 26.2 Å². The molecule has 0 aliphatic heterocycles. The lowest BCUT2D eigenvalue weighted by Gasteiger charge is -2.33. The van der Waals surface area contributed by atoms with E-state index in [-0.39, 0.29) is 28.1 Å². The van der Waals surface area contributed by atoms with Crippen molar-refractivity contribution < 1.29 is 18.0 Å². The molecule has 7 nitrogen and oxygen atoms in total. The van der Waals surface area contributed by atoms with Crippen LogP contribution < -0.4 is 9.62 Å². The lowest BCUT2D eigenvalue weighted by atomic mass is 10.1. The molecule has 1 N–H and O–H groups in total. The number of nitrogens with zero attached hydrogens (tertiary/aromatic N) is 2. The van der Waals surface area contributed by atoms with Crippen LogP contribution in [0.5, 0.6) is 0 Å². The minimum Gasteiger partial charge on any atom is -0.355 e. The molecule has 0 aliphatic carbocycles. The van der Waals surface area contributed by atoms with Gasteiger partial charge in [0, 0.05) is 23.1 Å². The van der Waals surface area contributed by atoms with Gasteiger partial charge in [0.15, 0.2) is 0 Å². The Morgan fingerprint density at radius 2 is 1.55 bits per heavy atom. The number of para-hydroxylation sites is 1. The fraction of sp³-hybridized carbons (Fsp3) is 0.259. The summed E-state index contributed by atoms with van der Waals surface area (Å²) in [6.45, 7) is 3.29. The summed E-state index contributed by atoms with van der Waals surface area (Å²) < 4.78 is 28.5. The Labute approximate surface area is 238 Å². The van der Waals surface area contributed by atoms with Crippen molar-refractivity contribution in [1.82, 2.24) is 10.2 Å². The monoisotopic (exact) mass is 595 g/mol. The first-order valence-corrected chi connectivity index (χ1v) is 14.5. The number of hydrogen-bond donors (Lipinski definition) is 1. The number of likely N-dealkylation sites (N-methyl/N-ethyl adjacent to an activating group) is 1. The molecule has 38 heavy (non-hydrogen) atoms. The third-order valence-electron chi connectivity index (χ3n) is 5.82. The maximum absolute atomic E-state index is 13.9. The first-order chi connectivity index (χ1) is 18.1. The number of hydrogen-bond acceptors (Lipinski definition) is 4. The Morgan fingerprint density at radius 1 is 0.895 bits per heavy atom. The summed E-state index contributed by atoms with van der Waals surface area (Å²) in [6, 6.07) is 18.1. The van der Waals surface area contributed by atoms with E-state index in [4.69, 9.17) is 34.8 Å². The third-order valence-corrected chi connectivity index (χ3v) is 8.50. The van der Waals surface area contributed by atoms with E-state index in [0.717, 1.165) is 4.31 Å². The molecule has 0 heterocycles. The second kappa shape index (κ2) is 13.3. The van der Waals surface area contributed by atoms with Crippen molar-refractivity contribution in [3.8, 4) is 0 Å². The van der Waals surface area contributed by atoms with Gasteiger partial charge in [-0.15, -0.1) is 0 Å². The minimum absolute atomic E-state index is 0.00390. The number of rotatable bonds is 11. The topological polar surface area (TPSA) is 86.8 Å². The number of carbonyl (C=O) groups is 2. The molecule has 0 radical (unpaired) electrons. The molecule has 0 aliphatic rings. The van der Waals surface area contributed by atoms with Gasteiger partial charge in [-0.05, 0) is 55.3 Å². The Hall–Kier alpha value is -2.78. The number of carbonyl (C=O) groups excluding carboxylic acids is 2. The Balaban J connectivity index is 2.08. The van der Waals surface area contributed by atoms with Crippen molar-refractivity contribution >= 4 is 62.3 Å². The average Bonchev–Trinajstić information content (AvgIpc) is 2.89. The second-order valence-corrected chi connectivity index (χ2v) is 11.5. The molecular formula is C27H28Cl3N3O4S. The quantitative estimate of drug-likeness (QED) is 0.304. The van der Waals surface area contributed by atoms with Crippen LogP contribution in [0.1, 0.15) is 25.8 Å². The van der Waals surface area contributed by atoms with E-state index >= 15 is 0 Å². The number of sulfonamides is 1. The molecule has 0 saturated carbocycles. The number of nitrogens with one attached hydrogen (secondary N) is 1. The largest absolute Gasteiger partial charge is 0.355 e. The predicted octanol–water partition coefficient (Wildman–Crippen LogP) is 5.79. The van der Waals surface area contributed by atoms with Gasteiger partial charge in [-0.1, -0.05) is 78.1 Å². The molecule has 0 saturated heterocycles. The molecule has 2 amide bonds. The van der Waals surface area contributed by atoms with Crippen molar-refractivity contribution in [3.63, 3.8) is 0 Å².